The van der Waals surface area contributed by atoms with Gasteiger partial charge in [-0.25, -0.2) is 22.3 Å². The Bertz CT molecular complexity index is 1860. The molecule has 0 spiro atoms. The standard InChI is InChI=1S/C38H52F3NO14P2S/c1-5-33(45)55-38(34(46)59-22-39)24(2)17-27-28-19-30(40)29-18-25(43)13-14-35(29,3)37(28,41)31(20-36(27,38)4)52-23-54-58(49,50)56-57(47,48)53-16-15-42-32(44)21-51-26-11-9-7-6-8-10-12-26/h13-14,18,24,26-28,30-31H,5-9,11,15-17,19-23H2,1-4H3,(H,42,44)(H,47,48)(H,49,50). The van der Waals surface area contributed by atoms with Gasteiger partial charge in [-0.05, 0) is 80.9 Å². The van der Waals surface area contributed by atoms with Crippen molar-refractivity contribution in [2.75, 3.05) is 32.6 Å². The largest absolute Gasteiger partial charge is 0.483 e. The molecule has 15 nitrogen and oxygen atoms in total. The van der Waals surface area contributed by atoms with Crippen LogP contribution in [-0.4, -0.2) is 94.8 Å². The summed E-state index contributed by atoms with van der Waals surface area (Å²) in [6.45, 7) is 3.49. The van der Waals surface area contributed by atoms with Gasteiger partial charge < -0.3 is 29.3 Å². The van der Waals surface area contributed by atoms with Crippen molar-refractivity contribution < 1.29 is 78.8 Å². The highest BCUT2D eigenvalue weighted by molar-refractivity contribution is 8.13. The fraction of sp³-hybridized carbons (Fsp3) is 0.737. The van der Waals surface area contributed by atoms with E-state index < -0.39 is 129 Å². The lowest BCUT2D eigenvalue weighted by Gasteiger charge is -2.63. The SMILES string of the molecule is CCC(=O)OC1(C(=O)SCF)C(C)CC2C3CC(F)C4=CC(=O)C=CC4(C)C3(F)C(OCOP(=O)(O)OP(=O)(O)OCCNC(=O)COC3C#CCCCCC3)CC21C. The van der Waals surface area contributed by atoms with Gasteiger partial charge in [0.25, 0.3) is 0 Å². The Labute approximate surface area is 345 Å². The minimum absolute atomic E-state index is 0.0642. The third-order valence-electron chi connectivity index (χ3n) is 12.5. The Morgan fingerprint density at radius 1 is 1.07 bits per heavy atom. The van der Waals surface area contributed by atoms with Crippen molar-refractivity contribution in [2.45, 2.75) is 115 Å². The van der Waals surface area contributed by atoms with Crippen LogP contribution in [0.4, 0.5) is 13.2 Å². The van der Waals surface area contributed by atoms with Gasteiger partial charge in [0.1, 0.15) is 24.9 Å². The normalized spacial score (nSPS) is 37.1. The molecule has 0 aromatic rings. The van der Waals surface area contributed by atoms with Crippen LogP contribution in [0.15, 0.2) is 23.8 Å². The minimum Gasteiger partial charge on any atom is -0.449 e. The van der Waals surface area contributed by atoms with Crippen LogP contribution in [0.2, 0.25) is 0 Å². The minimum atomic E-state index is -5.53. The third-order valence-corrected chi connectivity index (χ3v) is 15.8. The number of fused-ring (bicyclic) bond motifs is 5. The number of nitrogens with one attached hydrogen (secondary N) is 1. The summed E-state index contributed by atoms with van der Waals surface area (Å²) in [6.07, 6.45) is 2.69. The number of ether oxygens (including phenoxy) is 3. The molecule has 21 heteroatoms. The summed E-state index contributed by atoms with van der Waals surface area (Å²) >= 11 is 0.276. The first-order chi connectivity index (χ1) is 27.7. The Kier molecular flexibility index (Phi) is 15.3. The molecule has 330 valence electrons. The van der Waals surface area contributed by atoms with Gasteiger partial charge in [0.2, 0.25) is 11.0 Å². The van der Waals surface area contributed by atoms with E-state index in [9.17, 15) is 42.5 Å². The maximum atomic E-state index is 18.5. The molecule has 0 aromatic carbocycles. The van der Waals surface area contributed by atoms with E-state index in [1.807, 2.05) is 0 Å². The molecular formula is C38H52F3NO14P2S. The summed E-state index contributed by atoms with van der Waals surface area (Å²) in [4.78, 5) is 72.0. The number of carbonyl (C=O) groups excluding carboxylic acids is 4. The van der Waals surface area contributed by atoms with Crippen LogP contribution in [0.1, 0.15) is 85.5 Å². The van der Waals surface area contributed by atoms with Crippen molar-refractivity contribution >= 4 is 50.2 Å². The van der Waals surface area contributed by atoms with Gasteiger partial charge in [0, 0.05) is 42.1 Å². The second-order valence-corrected chi connectivity index (χ2v) is 19.8. The van der Waals surface area contributed by atoms with Crippen LogP contribution < -0.4 is 5.32 Å². The number of phosphoric ester groups is 2. The molecule has 0 radical (unpaired) electrons. The predicted molar refractivity (Wildman–Crippen MR) is 206 cm³/mol. The number of allylic oxidation sites excluding steroid dienone is 4. The number of hydrogen-bond acceptors (Lipinski definition) is 13. The van der Waals surface area contributed by atoms with Crippen LogP contribution in [0.3, 0.4) is 0 Å². The second kappa shape index (κ2) is 18.9. The highest BCUT2D eigenvalue weighted by Gasteiger charge is 2.78. The monoisotopic (exact) mass is 897 g/mol. The zero-order valence-corrected chi connectivity index (χ0v) is 35.9. The number of halogens is 3. The van der Waals surface area contributed by atoms with Crippen LogP contribution >= 0.6 is 27.4 Å². The van der Waals surface area contributed by atoms with Gasteiger partial charge in [0.15, 0.2) is 23.8 Å². The van der Waals surface area contributed by atoms with E-state index in [4.69, 9.17) is 23.3 Å². The third kappa shape index (κ3) is 9.67. The summed E-state index contributed by atoms with van der Waals surface area (Å²) in [7, 11) is -10.9. The van der Waals surface area contributed by atoms with Crippen molar-refractivity contribution in [3.63, 3.8) is 0 Å². The molecule has 12 unspecified atom stereocenters. The number of thioether (sulfide) groups is 1. The molecule has 0 saturated heterocycles. The Morgan fingerprint density at radius 2 is 1.80 bits per heavy atom. The molecule has 0 aliphatic heterocycles. The average Bonchev–Trinajstić information content (AvgIpc) is 3.36. The molecule has 3 saturated carbocycles. The van der Waals surface area contributed by atoms with Crippen molar-refractivity contribution in [3.05, 3.63) is 23.8 Å². The van der Waals surface area contributed by atoms with Gasteiger partial charge in [-0.3, -0.25) is 28.2 Å². The number of rotatable bonds is 17. The topological polar surface area (TPSA) is 210 Å². The molecule has 0 aromatic heterocycles. The lowest BCUT2D eigenvalue weighted by atomic mass is 9.44. The van der Waals surface area contributed by atoms with Crippen molar-refractivity contribution in [1.29, 1.82) is 0 Å². The molecule has 59 heavy (non-hydrogen) atoms. The predicted octanol–water partition coefficient (Wildman–Crippen LogP) is 6.13. The molecule has 12 atom stereocenters. The number of alkyl halides is 3. The molecule has 1 amide bonds. The van der Waals surface area contributed by atoms with Gasteiger partial charge in [-0.15, -0.1) is 5.92 Å². The number of phosphoric acid groups is 2. The average molecular weight is 898 g/mol. The van der Waals surface area contributed by atoms with Gasteiger partial charge in [0.05, 0.1) is 12.7 Å². The summed E-state index contributed by atoms with van der Waals surface area (Å²) in [5, 5.41) is 1.57. The van der Waals surface area contributed by atoms with E-state index in [-0.39, 0.29) is 43.3 Å². The summed E-state index contributed by atoms with van der Waals surface area (Å²) in [5.41, 5.74) is -8.15. The molecule has 3 N–H and O–H groups in total. The van der Waals surface area contributed by atoms with E-state index in [2.05, 4.69) is 21.5 Å². The fourth-order valence-corrected chi connectivity index (χ4v) is 12.5. The van der Waals surface area contributed by atoms with Crippen molar-refractivity contribution in [1.82, 2.24) is 5.32 Å². The van der Waals surface area contributed by atoms with Gasteiger partial charge in [-0.1, -0.05) is 39.2 Å². The molecule has 5 rings (SSSR count). The second-order valence-electron chi connectivity index (χ2n) is 15.9. The van der Waals surface area contributed by atoms with E-state index >= 15 is 8.78 Å². The molecule has 3 fully saturated rings. The van der Waals surface area contributed by atoms with E-state index in [0.717, 1.165) is 37.8 Å². The Hall–Kier alpha value is -2.36. The quantitative estimate of drug-likeness (QED) is 0.0493. The zero-order valence-electron chi connectivity index (χ0n) is 33.3. The van der Waals surface area contributed by atoms with Crippen LogP contribution in [0.5, 0.6) is 0 Å². The van der Waals surface area contributed by atoms with Crippen LogP contribution in [0.25, 0.3) is 0 Å². The van der Waals surface area contributed by atoms with E-state index in [0.29, 0.717) is 6.42 Å². The summed E-state index contributed by atoms with van der Waals surface area (Å²) < 4.78 is 105. The maximum Gasteiger partial charge on any atom is 0.483 e. The summed E-state index contributed by atoms with van der Waals surface area (Å²) in [6, 6.07) is -1.16. The number of hydrogen-bond donors (Lipinski definition) is 3. The molecule has 0 heterocycles. The lowest BCUT2D eigenvalue weighted by molar-refractivity contribution is -0.248. The molecule has 5 aliphatic rings. The zero-order chi connectivity index (χ0) is 43.4. The van der Waals surface area contributed by atoms with Gasteiger partial charge >= 0.3 is 21.6 Å². The molecule has 0 bridgehead atoms. The van der Waals surface area contributed by atoms with Crippen molar-refractivity contribution in [2.24, 2.45) is 28.6 Å². The highest BCUT2D eigenvalue weighted by Crippen LogP contribution is 2.72. The number of esters is 1. The molecular weight excluding hydrogens is 845 g/mol. The maximum absolute atomic E-state index is 18.5. The Balaban J connectivity index is 1.30. The number of ketones is 1. The first-order valence-corrected chi connectivity index (χ1v) is 23.5. The first-order valence-electron chi connectivity index (χ1n) is 19.6. The number of carbonyl (C=O) groups is 4. The lowest BCUT2D eigenvalue weighted by Crippen LogP contribution is -2.71. The fourth-order valence-electron chi connectivity index (χ4n) is 9.81. The van der Waals surface area contributed by atoms with E-state index in [1.54, 1.807) is 13.8 Å². The van der Waals surface area contributed by atoms with Gasteiger partial charge in [-0.2, -0.15) is 4.31 Å². The van der Waals surface area contributed by atoms with Crippen LogP contribution in [0, 0.1) is 40.4 Å². The smallest absolute Gasteiger partial charge is 0.449 e. The highest BCUT2D eigenvalue weighted by atomic mass is 32.2. The molecule has 5 aliphatic carbocycles. The summed E-state index contributed by atoms with van der Waals surface area (Å²) in [5.74, 6) is 1.08. The number of amides is 1. The first kappa shape index (κ1) is 47.7. The van der Waals surface area contributed by atoms with E-state index in [1.165, 1.54) is 19.9 Å². The van der Waals surface area contributed by atoms with Crippen LogP contribution in [-0.2, 0) is 55.9 Å². The Morgan fingerprint density at radius 3 is 2.51 bits per heavy atom. The van der Waals surface area contributed by atoms with Crippen molar-refractivity contribution in [3.8, 4) is 11.8 Å².